The van der Waals surface area contributed by atoms with Crippen LogP contribution in [0.15, 0.2) is 0 Å². The third-order valence-corrected chi connectivity index (χ3v) is 4.08. The summed E-state index contributed by atoms with van der Waals surface area (Å²) in [5.41, 5.74) is -0.0238. The highest BCUT2D eigenvalue weighted by atomic mass is 16.5. The molecule has 4 heteroatoms. The van der Waals surface area contributed by atoms with E-state index in [-0.39, 0.29) is 11.4 Å². The van der Waals surface area contributed by atoms with Crippen LogP contribution in [0.2, 0.25) is 0 Å². The smallest absolute Gasteiger partial charge is 0.220 e. The second kappa shape index (κ2) is 5.83. The van der Waals surface area contributed by atoms with Gasteiger partial charge in [-0.15, -0.1) is 0 Å². The van der Waals surface area contributed by atoms with Crippen molar-refractivity contribution in [1.29, 1.82) is 0 Å². The fraction of sp³-hybridized carbons (Fsp3) is 0.923. The average Bonchev–Trinajstić information content (AvgIpc) is 2.71. The zero-order valence-electron chi connectivity index (χ0n) is 10.8. The van der Waals surface area contributed by atoms with Gasteiger partial charge in [0.25, 0.3) is 0 Å². The Morgan fingerprint density at radius 2 is 2.29 bits per heavy atom. The van der Waals surface area contributed by atoms with Gasteiger partial charge in [-0.1, -0.05) is 6.42 Å². The van der Waals surface area contributed by atoms with E-state index in [1.54, 1.807) is 7.11 Å². The van der Waals surface area contributed by atoms with Crippen LogP contribution in [0.1, 0.15) is 38.5 Å². The molecule has 1 saturated heterocycles. The molecule has 0 bridgehead atoms. The van der Waals surface area contributed by atoms with Crippen molar-refractivity contribution in [1.82, 2.24) is 10.6 Å². The summed E-state index contributed by atoms with van der Waals surface area (Å²) in [6.45, 7) is 2.41. The Hall–Kier alpha value is -0.610. The Bertz CT molecular complexity index is 258. The molecule has 2 aliphatic rings. The predicted molar refractivity (Wildman–Crippen MR) is 66.8 cm³/mol. The molecular weight excluding hydrogens is 216 g/mol. The summed E-state index contributed by atoms with van der Waals surface area (Å²) in [4.78, 5) is 11.8. The van der Waals surface area contributed by atoms with Crippen LogP contribution in [0.25, 0.3) is 0 Å². The summed E-state index contributed by atoms with van der Waals surface area (Å²) in [6.07, 6.45) is 6.73. The van der Waals surface area contributed by atoms with Gasteiger partial charge in [0.2, 0.25) is 5.91 Å². The van der Waals surface area contributed by atoms with E-state index in [1.807, 2.05) is 0 Å². The summed E-state index contributed by atoms with van der Waals surface area (Å²) in [5.74, 6) is 0.851. The first kappa shape index (κ1) is 12.8. The summed E-state index contributed by atoms with van der Waals surface area (Å²) >= 11 is 0. The number of ether oxygens (including phenoxy) is 1. The third-order valence-electron chi connectivity index (χ3n) is 4.08. The van der Waals surface area contributed by atoms with Gasteiger partial charge in [0, 0.05) is 20.1 Å². The van der Waals surface area contributed by atoms with Gasteiger partial charge in [0.1, 0.15) is 0 Å². The van der Waals surface area contributed by atoms with Crippen molar-refractivity contribution in [2.24, 2.45) is 5.92 Å². The molecular formula is C13H24N2O2. The molecule has 17 heavy (non-hydrogen) atoms. The largest absolute Gasteiger partial charge is 0.383 e. The molecule has 0 aromatic rings. The molecule has 1 amide bonds. The van der Waals surface area contributed by atoms with E-state index in [0.29, 0.717) is 25.5 Å². The van der Waals surface area contributed by atoms with Crippen molar-refractivity contribution in [2.45, 2.75) is 44.1 Å². The molecule has 4 nitrogen and oxygen atoms in total. The molecule has 1 aliphatic carbocycles. The maximum Gasteiger partial charge on any atom is 0.220 e. The van der Waals surface area contributed by atoms with Gasteiger partial charge in [-0.25, -0.2) is 0 Å². The van der Waals surface area contributed by atoms with E-state index in [0.717, 1.165) is 13.0 Å². The average molecular weight is 240 g/mol. The maximum atomic E-state index is 11.8. The van der Waals surface area contributed by atoms with Gasteiger partial charge in [-0.05, 0) is 38.1 Å². The van der Waals surface area contributed by atoms with Crippen molar-refractivity contribution < 1.29 is 9.53 Å². The second-order valence-electron chi connectivity index (χ2n) is 5.52. The summed E-state index contributed by atoms with van der Waals surface area (Å²) in [5, 5.41) is 6.54. The molecule has 2 N–H and O–H groups in total. The van der Waals surface area contributed by atoms with Gasteiger partial charge in [0.15, 0.2) is 0 Å². The highest BCUT2D eigenvalue weighted by Gasteiger charge is 2.34. The van der Waals surface area contributed by atoms with Crippen molar-refractivity contribution in [3.63, 3.8) is 0 Å². The number of rotatable bonds is 6. The van der Waals surface area contributed by atoms with Crippen LogP contribution in [-0.4, -0.2) is 38.3 Å². The van der Waals surface area contributed by atoms with Gasteiger partial charge in [-0.3, -0.25) is 4.79 Å². The quantitative estimate of drug-likeness (QED) is 0.730. The molecule has 0 aromatic carbocycles. The number of hydrogen-bond donors (Lipinski definition) is 2. The zero-order valence-corrected chi connectivity index (χ0v) is 10.8. The Kier molecular flexibility index (Phi) is 4.40. The highest BCUT2D eigenvalue weighted by molar-refractivity contribution is 5.76. The van der Waals surface area contributed by atoms with Crippen LogP contribution in [-0.2, 0) is 9.53 Å². The molecule has 0 spiro atoms. The summed E-state index contributed by atoms with van der Waals surface area (Å²) < 4.78 is 5.26. The standard InChI is InChI=1S/C13H24N2O2/c1-17-10-13(6-3-7-15-13)9-14-12(16)8-11-4-2-5-11/h11,15H,2-10H2,1H3,(H,14,16). The lowest BCUT2D eigenvalue weighted by Crippen LogP contribution is -2.53. The number of carbonyl (C=O) groups excluding carboxylic acids is 1. The van der Waals surface area contributed by atoms with Crippen molar-refractivity contribution >= 4 is 5.91 Å². The zero-order chi connectivity index (χ0) is 12.1. The lowest BCUT2D eigenvalue weighted by Gasteiger charge is -2.30. The first-order valence-corrected chi connectivity index (χ1v) is 6.75. The monoisotopic (exact) mass is 240 g/mol. The van der Waals surface area contributed by atoms with Crippen LogP contribution in [0.5, 0.6) is 0 Å². The first-order valence-electron chi connectivity index (χ1n) is 6.75. The Morgan fingerprint density at radius 3 is 2.82 bits per heavy atom. The van der Waals surface area contributed by atoms with Gasteiger partial charge >= 0.3 is 0 Å². The molecule has 1 unspecified atom stereocenters. The van der Waals surface area contributed by atoms with Gasteiger partial charge < -0.3 is 15.4 Å². The van der Waals surface area contributed by atoms with E-state index in [1.165, 1.54) is 25.7 Å². The minimum Gasteiger partial charge on any atom is -0.383 e. The van der Waals surface area contributed by atoms with Crippen LogP contribution >= 0.6 is 0 Å². The number of nitrogens with one attached hydrogen (secondary N) is 2. The fourth-order valence-corrected chi connectivity index (χ4v) is 2.77. The predicted octanol–water partition coefficient (Wildman–Crippen LogP) is 1.06. The molecule has 1 saturated carbocycles. The fourth-order valence-electron chi connectivity index (χ4n) is 2.77. The molecule has 1 atom stereocenters. The van der Waals surface area contributed by atoms with Crippen LogP contribution in [0.4, 0.5) is 0 Å². The molecule has 1 heterocycles. The van der Waals surface area contributed by atoms with Crippen molar-refractivity contribution in [3.8, 4) is 0 Å². The van der Waals surface area contributed by atoms with Crippen LogP contribution < -0.4 is 10.6 Å². The lowest BCUT2D eigenvalue weighted by atomic mass is 9.83. The molecule has 2 fully saturated rings. The molecule has 0 aromatic heterocycles. The minimum absolute atomic E-state index is 0.0238. The van der Waals surface area contributed by atoms with E-state index in [2.05, 4.69) is 10.6 Å². The Labute approximate surface area is 103 Å². The first-order chi connectivity index (χ1) is 8.24. The maximum absolute atomic E-state index is 11.8. The second-order valence-corrected chi connectivity index (χ2v) is 5.52. The Morgan fingerprint density at radius 1 is 1.47 bits per heavy atom. The van der Waals surface area contributed by atoms with Crippen molar-refractivity contribution in [3.05, 3.63) is 0 Å². The SMILES string of the molecule is COCC1(CNC(=O)CC2CCC2)CCCN1. The van der Waals surface area contributed by atoms with Crippen molar-refractivity contribution in [2.75, 3.05) is 26.8 Å². The van der Waals surface area contributed by atoms with E-state index >= 15 is 0 Å². The summed E-state index contributed by atoms with van der Waals surface area (Å²) in [7, 11) is 1.72. The number of hydrogen-bond acceptors (Lipinski definition) is 3. The molecule has 2 rings (SSSR count). The minimum atomic E-state index is -0.0238. The highest BCUT2D eigenvalue weighted by Crippen LogP contribution is 2.29. The number of methoxy groups -OCH3 is 1. The number of amides is 1. The molecule has 98 valence electrons. The summed E-state index contributed by atoms with van der Waals surface area (Å²) in [6, 6.07) is 0. The van der Waals surface area contributed by atoms with E-state index in [4.69, 9.17) is 4.74 Å². The lowest BCUT2D eigenvalue weighted by molar-refractivity contribution is -0.123. The van der Waals surface area contributed by atoms with Crippen LogP contribution in [0, 0.1) is 5.92 Å². The topological polar surface area (TPSA) is 50.4 Å². The van der Waals surface area contributed by atoms with E-state index in [9.17, 15) is 4.79 Å². The van der Waals surface area contributed by atoms with E-state index < -0.39 is 0 Å². The van der Waals surface area contributed by atoms with Crippen LogP contribution in [0.3, 0.4) is 0 Å². The Balaban J connectivity index is 1.72. The third kappa shape index (κ3) is 3.42. The molecule has 1 aliphatic heterocycles. The molecule has 0 radical (unpaired) electrons. The van der Waals surface area contributed by atoms with Gasteiger partial charge in [-0.2, -0.15) is 0 Å². The number of carbonyl (C=O) groups is 1. The normalized spacial score (nSPS) is 29.0. The van der Waals surface area contributed by atoms with Gasteiger partial charge in [0.05, 0.1) is 12.1 Å².